The molecule has 258 valence electrons. The summed E-state index contributed by atoms with van der Waals surface area (Å²) in [6.45, 7) is 13.7. The van der Waals surface area contributed by atoms with Gasteiger partial charge in [0.15, 0.2) is 5.82 Å². The number of hydrogen-bond acceptors (Lipinski definition) is 4. The van der Waals surface area contributed by atoms with E-state index in [0.717, 1.165) is 60.3 Å². The van der Waals surface area contributed by atoms with Gasteiger partial charge in [-0.2, -0.15) is 15.0 Å². The Morgan fingerprint density at radius 1 is 0.453 bits per heavy atom. The van der Waals surface area contributed by atoms with E-state index in [2.05, 4.69) is 154 Å². The van der Waals surface area contributed by atoms with Gasteiger partial charge in [0, 0.05) is 37.9 Å². The molecule has 0 saturated heterocycles. The summed E-state index contributed by atoms with van der Waals surface area (Å²) in [5, 5.41) is 6.77. The molecular weight excluding hydrogens is 651 g/mol. The van der Waals surface area contributed by atoms with Crippen LogP contribution in [0.4, 0.5) is 0 Å². The molecule has 0 aliphatic heterocycles. The third-order valence-electron chi connectivity index (χ3n) is 10.7. The Morgan fingerprint density at radius 3 is 1.60 bits per heavy atom. The van der Waals surface area contributed by atoms with Crippen molar-refractivity contribution in [1.29, 1.82) is 0 Å². The number of furan rings is 1. The monoisotopic (exact) mass is 689 g/mol. The lowest BCUT2D eigenvalue weighted by Gasteiger charge is -2.26. The lowest BCUT2D eigenvalue weighted by atomic mass is 9.79. The highest BCUT2D eigenvalue weighted by Crippen LogP contribution is 2.42. The summed E-state index contributed by atoms with van der Waals surface area (Å²) in [5.74, 6) is 1.73. The molecule has 0 spiro atoms. The Labute approximate surface area is 307 Å². The van der Waals surface area contributed by atoms with E-state index in [1.54, 1.807) is 0 Å². The van der Waals surface area contributed by atoms with Gasteiger partial charge in [0.1, 0.15) is 11.2 Å². The lowest BCUT2D eigenvalue weighted by molar-refractivity contribution is 0.572. The first kappa shape index (κ1) is 31.5. The van der Waals surface area contributed by atoms with Gasteiger partial charge in [-0.3, -0.25) is 9.13 Å². The van der Waals surface area contributed by atoms with E-state index >= 15 is 0 Å². The van der Waals surface area contributed by atoms with E-state index in [9.17, 15) is 0 Å². The number of para-hydroxylation sites is 4. The minimum absolute atomic E-state index is 0.0304. The number of aromatic nitrogens is 5. The molecule has 0 fully saturated rings. The number of nitrogens with zero attached hydrogens (tertiary/aromatic N) is 5. The molecule has 53 heavy (non-hydrogen) atoms. The van der Waals surface area contributed by atoms with Crippen molar-refractivity contribution in [1.82, 2.24) is 24.1 Å². The third kappa shape index (κ3) is 4.82. The largest absolute Gasteiger partial charge is 0.456 e. The summed E-state index contributed by atoms with van der Waals surface area (Å²) in [5.41, 5.74) is 9.21. The Hall–Kier alpha value is -6.27. The third-order valence-corrected chi connectivity index (χ3v) is 10.7. The van der Waals surface area contributed by atoms with Gasteiger partial charge < -0.3 is 4.42 Å². The fraction of sp³-hybridized carbons (Fsp3) is 0.170. The molecule has 0 saturated carbocycles. The van der Waals surface area contributed by atoms with Crippen molar-refractivity contribution >= 4 is 65.6 Å². The van der Waals surface area contributed by atoms with Gasteiger partial charge in [0.05, 0.1) is 22.1 Å². The highest BCUT2D eigenvalue weighted by molar-refractivity contribution is 6.11. The van der Waals surface area contributed by atoms with E-state index in [0.29, 0.717) is 17.7 Å². The molecule has 6 nitrogen and oxygen atoms in total. The molecule has 6 aromatic carbocycles. The molecule has 0 aliphatic carbocycles. The van der Waals surface area contributed by atoms with Crippen molar-refractivity contribution in [3.63, 3.8) is 0 Å². The van der Waals surface area contributed by atoms with Crippen LogP contribution < -0.4 is 0 Å². The molecule has 0 radical (unpaired) electrons. The maximum atomic E-state index is 6.22. The molecule has 10 rings (SSSR count). The van der Waals surface area contributed by atoms with Gasteiger partial charge in [-0.1, -0.05) is 120 Å². The van der Waals surface area contributed by atoms with Crippen LogP contribution in [-0.4, -0.2) is 24.1 Å². The lowest BCUT2D eigenvalue weighted by Crippen LogP contribution is -2.18. The number of rotatable bonds is 3. The Balaban J connectivity index is 1.35. The first-order valence-electron chi connectivity index (χ1n) is 18.3. The molecule has 0 N–H and O–H groups in total. The number of fused-ring (bicyclic) bond motifs is 9. The second-order valence-electron chi connectivity index (χ2n) is 16.2. The summed E-state index contributed by atoms with van der Waals surface area (Å²) in [4.78, 5) is 16.1. The predicted octanol–water partition coefficient (Wildman–Crippen LogP) is 12.2. The van der Waals surface area contributed by atoms with E-state index in [-0.39, 0.29) is 10.8 Å². The average Bonchev–Trinajstić information content (AvgIpc) is 3.81. The van der Waals surface area contributed by atoms with Crippen LogP contribution in [0.15, 0.2) is 132 Å². The van der Waals surface area contributed by atoms with Gasteiger partial charge in [0.2, 0.25) is 11.9 Å². The molecule has 4 heterocycles. The zero-order chi connectivity index (χ0) is 36.2. The maximum absolute atomic E-state index is 6.22. The quantitative estimate of drug-likeness (QED) is 0.185. The van der Waals surface area contributed by atoms with Gasteiger partial charge >= 0.3 is 0 Å². The van der Waals surface area contributed by atoms with Crippen molar-refractivity contribution in [2.45, 2.75) is 52.4 Å². The van der Waals surface area contributed by atoms with Crippen molar-refractivity contribution in [2.75, 3.05) is 0 Å². The van der Waals surface area contributed by atoms with Crippen LogP contribution in [0, 0.1) is 0 Å². The van der Waals surface area contributed by atoms with Gasteiger partial charge in [-0.25, -0.2) is 0 Å². The Morgan fingerprint density at radius 2 is 0.981 bits per heavy atom. The first-order chi connectivity index (χ1) is 25.5. The summed E-state index contributed by atoms with van der Waals surface area (Å²) in [6, 6.07) is 44.8. The van der Waals surface area contributed by atoms with Crippen molar-refractivity contribution in [3.8, 4) is 23.3 Å². The summed E-state index contributed by atoms with van der Waals surface area (Å²) >= 11 is 0. The topological polar surface area (TPSA) is 61.7 Å². The molecule has 0 unspecified atom stereocenters. The minimum Gasteiger partial charge on any atom is -0.456 e. The molecular formula is C47H39N5O. The van der Waals surface area contributed by atoms with Gasteiger partial charge in [-0.15, -0.1) is 0 Å². The van der Waals surface area contributed by atoms with Gasteiger partial charge in [0.25, 0.3) is 0 Å². The summed E-state index contributed by atoms with van der Waals surface area (Å²) in [6.07, 6.45) is 0. The van der Waals surface area contributed by atoms with Gasteiger partial charge in [-0.05, 0) is 70.5 Å². The van der Waals surface area contributed by atoms with Crippen LogP contribution >= 0.6 is 0 Å². The molecule has 6 heteroatoms. The molecule has 0 aliphatic rings. The standard InChI is InChI=1S/C47H39N5O/c1-46(2,3)29-26-35-32-17-9-13-21-39(32)52(42(35)36(27-29)47(4,5)6)45-49-43(28-23-24-41-34(25-28)33-18-10-14-22-40(33)53-41)48-44(50-45)51-37-19-11-7-15-30(37)31-16-8-12-20-38(31)51/h7-27H,1-6H3. The fourth-order valence-electron chi connectivity index (χ4n) is 8.00. The van der Waals surface area contributed by atoms with Crippen LogP contribution in [0.5, 0.6) is 0 Å². The molecule has 0 amide bonds. The molecule has 0 bridgehead atoms. The highest BCUT2D eigenvalue weighted by Gasteiger charge is 2.28. The first-order valence-corrected chi connectivity index (χ1v) is 18.3. The summed E-state index contributed by atoms with van der Waals surface area (Å²) in [7, 11) is 0. The maximum Gasteiger partial charge on any atom is 0.240 e. The molecule has 4 aromatic heterocycles. The number of hydrogen-bond donors (Lipinski definition) is 0. The minimum atomic E-state index is -0.162. The fourth-order valence-corrected chi connectivity index (χ4v) is 8.00. The van der Waals surface area contributed by atoms with Crippen LogP contribution in [-0.2, 0) is 10.8 Å². The van der Waals surface area contributed by atoms with E-state index in [1.807, 2.05) is 24.3 Å². The smallest absolute Gasteiger partial charge is 0.240 e. The normalized spacial score (nSPS) is 12.7. The Bertz CT molecular complexity index is 3040. The van der Waals surface area contributed by atoms with Crippen molar-refractivity contribution in [2.24, 2.45) is 0 Å². The van der Waals surface area contributed by atoms with Crippen LogP contribution in [0.1, 0.15) is 52.7 Å². The van der Waals surface area contributed by atoms with Crippen molar-refractivity contribution < 1.29 is 4.42 Å². The highest BCUT2D eigenvalue weighted by atomic mass is 16.3. The van der Waals surface area contributed by atoms with E-state index in [4.69, 9.17) is 19.4 Å². The van der Waals surface area contributed by atoms with E-state index in [1.165, 1.54) is 21.9 Å². The second-order valence-corrected chi connectivity index (χ2v) is 16.2. The van der Waals surface area contributed by atoms with Crippen LogP contribution in [0.3, 0.4) is 0 Å². The SMILES string of the molecule is CC(C)(C)c1cc(C(C)(C)C)c2c(c1)c1ccccc1n2-c1nc(-c2ccc3oc4ccccc4c3c2)nc(-n2c3ccccc3c3ccccc32)n1. The second kappa shape index (κ2) is 11.1. The molecule has 0 atom stereocenters. The molecule has 10 aromatic rings. The van der Waals surface area contributed by atoms with Crippen LogP contribution in [0.25, 0.3) is 88.8 Å². The zero-order valence-corrected chi connectivity index (χ0v) is 30.8. The summed E-state index contributed by atoms with van der Waals surface area (Å²) < 4.78 is 10.7. The van der Waals surface area contributed by atoms with Crippen LogP contribution in [0.2, 0.25) is 0 Å². The van der Waals surface area contributed by atoms with Crippen molar-refractivity contribution in [3.05, 3.63) is 139 Å². The number of benzene rings is 6. The Kier molecular flexibility index (Phi) is 6.60. The zero-order valence-electron chi connectivity index (χ0n) is 30.8. The van der Waals surface area contributed by atoms with E-state index < -0.39 is 0 Å². The average molecular weight is 690 g/mol. The predicted molar refractivity (Wildman–Crippen MR) is 219 cm³/mol.